The number of hydrogen-bond acceptors (Lipinski definition) is 11. The molecule has 37 heavy (non-hydrogen) atoms. The highest BCUT2D eigenvalue weighted by atomic mass is 16.6. The lowest BCUT2D eigenvalue weighted by atomic mass is 9.44. The summed E-state index contributed by atoms with van der Waals surface area (Å²) in [6.07, 6.45) is -7.79. The molecule has 3 aliphatic carbocycles. The molecule has 0 aromatic carbocycles. The molecule has 1 aliphatic heterocycles. The first kappa shape index (κ1) is 28.0. The zero-order valence-corrected chi connectivity index (χ0v) is 22.3. The molecule has 10 atom stereocenters. The molecule has 0 amide bonds. The Hall–Kier alpha value is -2.05. The Bertz CT molecular complexity index is 1040. The number of fused-ring (bicyclic) bond motifs is 5. The highest BCUT2D eigenvalue weighted by Gasteiger charge is 2.76. The van der Waals surface area contributed by atoms with Gasteiger partial charge < -0.3 is 39.4 Å². The molecule has 0 spiro atoms. The maximum Gasteiger partial charge on any atom is 0.303 e. The lowest BCUT2D eigenvalue weighted by molar-refractivity contribution is -0.365. The number of ether oxygens (including phenoxy) is 4. The van der Waals surface area contributed by atoms with Crippen LogP contribution in [0.4, 0.5) is 0 Å². The average molecular weight is 527 g/mol. The van der Waals surface area contributed by atoms with E-state index in [9.17, 15) is 34.8 Å². The van der Waals surface area contributed by atoms with E-state index in [0.717, 1.165) is 0 Å². The fraction of sp³-hybridized carbons (Fsp3) is 0.808. The van der Waals surface area contributed by atoms with Crippen LogP contribution in [0, 0.1) is 16.7 Å². The molecule has 208 valence electrons. The van der Waals surface area contributed by atoms with Crippen molar-refractivity contribution in [2.75, 3.05) is 6.61 Å². The molecule has 1 saturated heterocycles. The van der Waals surface area contributed by atoms with E-state index in [-0.39, 0.29) is 25.0 Å². The largest absolute Gasteiger partial charge is 0.462 e. The van der Waals surface area contributed by atoms with E-state index < -0.39 is 82.5 Å². The Balaban J connectivity index is 2.10. The summed E-state index contributed by atoms with van der Waals surface area (Å²) in [5, 5.41) is 47.2. The molecular formula is C26H38O11. The Kier molecular flexibility index (Phi) is 6.61. The second kappa shape index (κ2) is 8.74. The molecule has 4 rings (SSSR count). The third-order valence-electron chi connectivity index (χ3n) is 9.46. The second-order valence-corrected chi connectivity index (χ2v) is 11.8. The molecule has 11 nitrogen and oxygen atoms in total. The third kappa shape index (κ3) is 3.76. The van der Waals surface area contributed by atoms with Crippen LogP contribution >= 0.6 is 0 Å². The second-order valence-electron chi connectivity index (χ2n) is 11.8. The van der Waals surface area contributed by atoms with E-state index in [1.54, 1.807) is 27.7 Å². The standard InChI is InChI=1S/C26H38O11/c1-11-15(30)9-26(33)21(31)20-24(7,16(35-12(2)27)8-17-25(20,32)10-34-17)22(37-14(4)29)19(36-13(3)28)18(11)23(26,5)6/h15-17,19-22,30-33H,8-10H2,1-7H3/t15-,16-,17+,19+,20-,21-,22-,24+,25-,26+/m0/s1. The fourth-order valence-corrected chi connectivity index (χ4v) is 7.57. The van der Waals surface area contributed by atoms with Gasteiger partial charge in [-0.15, -0.1) is 0 Å². The van der Waals surface area contributed by atoms with Crippen molar-refractivity contribution in [2.24, 2.45) is 16.7 Å². The predicted molar refractivity (Wildman–Crippen MR) is 126 cm³/mol. The summed E-state index contributed by atoms with van der Waals surface area (Å²) in [6, 6.07) is 0. The predicted octanol–water partition coefficient (Wildman–Crippen LogP) is 0.151. The van der Waals surface area contributed by atoms with Crippen molar-refractivity contribution in [3.05, 3.63) is 11.1 Å². The van der Waals surface area contributed by atoms with Crippen LogP contribution in [0.25, 0.3) is 0 Å². The van der Waals surface area contributed by atoms with E-state index in [1.165, 1.54) is 20.8 Å². The van der Waals surface area contributed by atoms with Crippen LogP contribution in [0.15, 0.2) is 11.1 Å². The molecule has 4 N–H and O–H groups in total. The van der Waals surface area contributed by atoms with Crippen molar-refractivity contribution in [1.29, 1.82) is 0 Å². The lowest BCUT2D eigenvalue weighted by Gasteiger charge is -2.68. The molecule has 4 aliphatic rings. The first-order valence-electron chi connectivity index (χ1n) is 12.6. The topological polar surface area (TPSA) is 169 Å². The summed E-state index contributed by atoms with van der Waals surface area (Å²) < 4.78 is 23.0. The van der Waals surface area contributed by atoms with Gasteiger partial charge in [-0.2, -0.15) is 0 Å². The van der Waals surface area contributed by atoms with Gasteiger partial charge in [-0.1, -0.05) is 20.8 Å². The van der Waals surface area contributed by atoms with Crippen molar-refractivity contribution in [2.45, 2.75) is 109 Å². The number of esters is 3. The monoisotopic (exact) mass is 526 g/mol. The molecular weight excluding hydrogens is 488 g/mol. The summed E-state index contributed by atoms with van der Waals surface area (Å²) in [5.74, 6) is -3.38. The lowest BCUT2D eigenvalue weighted by Crippen LogP contribution is -2.81. The van der Waals surface area contributed by atoms with Crippen molar-refractivity contribution in [1.82, 2.24) is 0 Å². The maximum absolute atomic E-state index is 12.5. The minimum Gasteiger partial charge on any atom is -0.462 e. The summed E-state index contributed by atoms with van der Waals surface area (Å²) >= 11 is 0. The number of carbonyl (C=O) groups excluding carboxylic acids is 3. The molecule has 0 aromatic heterocycles. The zero-order chi connectivity index (χ0) is 27.9. The molecule has 2 bridgehead atoms. The smallest absolute Gasteiger partial charge is 0.303 e. The molecule has 0 aromatic rings. The van der Waals surface area contributed by atoms with E-state index >= 15 is 0 Å². The van der Waals surface area contributed by atoms with Crippen molar-refractivity contribution in [3.8, 4) is 0 Å². The number of rotatable bonds is 3. The summed E-state index contributed by atoms with van der Waals surface area (Å²) in [4.78, 5) is 37.2. The van der Waals surface area contributed by atoms with Gasteiger partial charge in [0.15, 0.2) is 12.2 Å². The SMILES string of the molecule is CC(=O)O[C@@H]1C2=C(C)[C@@H](O)C[C@@](O)([C@@H](O)[C@@H]3[C@]4(O)CO[C@@H]4C[C@H](OC(C)=O)[C@@]3(C)[C@H]1OC(C)=O)C2(C)C. The minimum atomic E-state index is -2.03. The highest BCUT2D eigenvalue weighted by Crippen LogP contribution is 2.64. The quantitative estimate of drug-likeness (QED) is 0.224. The molecule has 0 unspecified atom stereocenters. The number of aliphatic hydroxyl groups excluding tert-OH is 2. The number of carbonyl (C=O) groups is 3. The minimum absolute atomic E-state index is 0.0167. The molecule has 2 saturated carbocycles. The van der Waals surface area contributed by atoms with Gasteiger partial charge >= 0.3 is 17.9 Å². The van der Waals surface area contributed by atoms with Gasteiger partial charge in [-0.25, -0.2) is 0 Å². The summed E-state index contributed by atoms with van der Waals surface area (Å²) in [7, 11) is 0. The van der Waals surface area contributed by atoms with Gasteiger partial charge in [0.05, 0.1) is 30.3 Å². The van der Waals surface area contributed by atoms with Crippen LogP contribution in [0.3, 0.4) is 0 Å². The average Bonchev–Trinajstić information content (AvgIpc) is 2.75. The molecule has 0 radical (unpaired) electrons. The van der Waals surface area contributed by atoms with Gasteiger partial charge in [0.25, 0.3) is 0 Å². The van der Waals surface area contributed by atoms with E-state index in [1.807, 2.05) is 0 Å². The number of hydrogen-bond donors (Lipinski definition) is 4. The van der Waals surface area contributed by atoms with Crippen molar-refractivity contribution >= 4 is 17.9 Å². The first-order valence-corrected chi connectivity index (χ1v) is 12.6. The summed E-state index contributed by atoms with van der Waals surface area (Å²) in [6.45, 7) is 9.89. The Morgan fingerprint density at radius 3 is 2.00 bits per heavy atom. The van der Waals surface area contributed by atoms with Gasteiger partial charge in [-0.3, -0.25) is 14.4 Å². The fourth-order valence-electron chi connectivity index (χ4n) is 7.57. The molecule has 1 heterocycles. The first-order chi connectivity index (χ1) is 16.9. The van der Waals surface area contributed by atoms with Crippen molar-refractivity contribution < 1.29 is 53.8 Å². The number of aliphatic hydroxyl groups is 4. The van der Waals surface area contributed by atoms with Gasteiger partial charge in [0.1, 0.15) is 17.3 Å². The summed E-state index contributed by atoms with van der Waals surface area (Å²) in [5.41, 5.74) is -5.93. The van der Waals surface area contributed by atoms with Gasteiger partial charge in [0.2, 0.25) is 0 Å². The van der Waals surface area contributed by atoms with E-state index in [4.69, 9.17) is 18.9 Å². The third-order valence-corrected chi connectivity index (χ3v) is 9.46. The zero-order valence-electron chi connectivity index (χ0n) is 22.3. The molecule has 3 fully saturated rings. The van der Waals surface area contributed by atoms with Gasteiger partial charge in [0, 0.05) is 44.9 Å². The Morgan fingerprint density at radius 2 is 1.51 bits per heavy atom. The van der Waals surface area contributed by atoms with E-state index in [2.05, 4.69) is 0 Å². The van der Waals surface area contributed by atoms with Crippen LogP contribution < -0.4 is 0 Å². The maximum atomic E-state index is 12.5. The van der Waals surface area contributed by atoms with Crippen LogP contribution in [0.1, 0.15) is 61.3 Å². The normalized spacial score (nSPS) is 46.3. The highest BCUT2D eigenvalue weighted by molar-refractivity contribution is 5.69. The van der Waals surface area contributed by atoms with Crippen LogP contribution in [0.5, 0.6) is 0 Å². The molecule has 11 heteroatoms. The van der Waals surface area contributed by atoms with Crippen LogP contribution in [0.2, 0.25) is 0 Å². The van der Waals surface area contributed by atoms with Crippen LogP contribution in [-0.2, 0) is 33.3 Å². The Labute approximate surface area is 215 Å². The van der Waals surface area contributed by atoms with Crippen LogP contribution in [-0.4, -0.2) is 92.8 Å². The van der Waals surface area contributed by atoms with Gasteiger partial charge in [-0.05, 0) is 18.1 Å². The van der Waals surface area contributed by atoms with Crippen molar-refractivity contribution in [3.63, 3.8) is 0 Å². The Morgan fingerprint density at radius 1 is 0.946 bits per heavy atom. The van der Waals surface area contributed by atoms with E-state index in [0.29, 0.717) is 5.57 Å².